The average Bonchev–Trinajstić information content (AvgIpc) is 2.71. The molecule has 0 spiro atoms. The summed E-state index contributed by atoms with van der Waals surface area (Å²) in [6, 6.07) is 4.28. The molecule has 0 radical (unpaired) electrons. The van der Waals surface area contributed by atoms with Crippen molar-refractivity contribution in [3.63, 3.8) is 0 Å². The van der Waals surface area contributed by atoms with Crippen molar-refractivity contribution in [1.82, 2.24) is 16.0 Å². The number of benzene rings is 1. The standard InChI is InChI=1S/C23H36N4O2/c1-15(2)26-22(29)17-8-6-9-18(13-17)27-23(24-3)25-14-20-19-10-5-4-7-16(19)11-12-21(20)28/h11-12,15,17-18,28H,4-10,13-14H2,1-3H3,(H,26,29)(H2,24,25,27). The summed E-state index contributed by atoms with van der Waals surface area (Å²) in [5.41, 5.74) is 3.64. The number of rotatable bonds is 5. The fourth-order valence-electron chi connectivity index (χ4n) is 4.61. The molecule has 29 heavy (non-hydrogen) atoms. The first-order valence-corrected chi connectivity index (χ1v) is 11.1. The summed E-state index contributed by atoms with van der Waals surface area (Å²) in [5, 5.41) is 20.3. The lowest BCUT2D eigenvalue weighted by Crippen LogP contribution is -2.47. The SMILES string of the molecule is CN=C(NCc1c(O)ccc2c1CCCC2)NC1CCCC(C(=O)NC(C)C)C1. The monoisotopic (exact) mass is 400 g/mol. The van der Waals surface area contributed by atoms with Crippen LogP contribution in [0, 0.1) is 5.92 Å². The molecule has 0 bridgehead atoms. The second kappa shape index (κ2) is 9.99. The van der Waals surface area contributed by atoms with Gasteiger partial charge in [0.05, 0.1) is 0 Å². The molecule has 1 amide bonds. The minimum atomic E-state index is 0.0620. The van der Waals surface area contributed by atoms with E-state index in [1.807, 2.05) is 19.9 Å². The van der Waals surface area contributed by atoms with Gasteiger partial charge in [-0.25, -0.2) is 0 Å². The molecule has 6 nitrogen and oxygen atoms in total. The summed E-state index contributed by atoms with van der Waals surface area (Å²) >= 11 is 0. The Morgan fingerprint density at radius 2 is 2.00 bits per heavy atom. The van der Waals surface area contributed by atoms with Crippen LogP contribution >= 0.6 is 0 Å². The third-order valence-corrected chi connectivity index (χ3v) is 6.10. The lowest BCUT2D eigenvalue weighted by Gasteiger charge is -2.30. The first-order valence-electron chi connectivity index (χ1n) is 11.1. The minimum Gasteiger partial charge on any atom is -0.508 e. The van der Waals surface area contributed by atoms with E-state index in [0.29, 0.717) is 12.3 Å². The Morgan fingerprint density at radius 1 is 1.21 bits per heavy atom. The van der Waals surface area contributed by atoms with Crippen LogP contribution in [-0.2, 0) is 24.2 Å². The fourth-order valence-corrected chi connectivity index (χ4v) is 4.61. The maximum Gasteiger partial charge on any atom is 0.223 e. The Kier molecular flexibility index (Phi) is 7.40. The molecule has 0 saturated heterocycles. The number of hydrogen-bond donors (Lipinski definition) is 4. The van der Waals surface area contributed by atoms with Crippen molar-refractivity contribution in [2.75, 3.05) is 7.05 Å². The van der Waals surface area contributed by atoms with Gasteiger partial charge in [-0.1, -0.05) is 12.5 Å². The summed E-state index contributed by atoms with van der Waals surface area (Å²) in [4.78, 5) is 16.8. The van der Waals surface area contributed by atoms with Gasteiger partial charge < -0.3 is 21.1 Å². The number of phenols is 1. The molecule has 1 fully saturated rings. The number of aryl methyl sites for hydroxylation is 1. The van der Waals surface area contributed by atoms with Crippen molar-refractivity contribution in [2.45, 2.75) is 83.8 Å². The van der Waals surface area contributed by atoms with Crippen LogP contribution in [0.15, 0.2) is 17.1 Å². The number of carbonyl (C=O) groups excluding carboxylic acids is 1. The molecule has 1 aromatic carbocycles. The zero-order chi connectivity index (χ0) is 20.8. The molecule has 2 aliphatic rings. The highest BCUT2D eigenvalue weighted by Crippen LogP contribution is 2.30. The number of nitrogens with zero attached hydrogens (tertiary/aromatic N) is 1. The highest BCUT2D eigenvalue weighted by atomic mass is 16.3. The van der Waals surface area contributed by atoms with Crippen molar-refractivity contribution in [3.05, 3.63) is 28.8 Å². The van der Waals surface area contributed by atoms with E-state index in [2.05, 4.69) is 27.0 Å². The fraction of sp³-hybridized carbons (Fsp3) is 0.652. The Labute approximate surface area is 174 Å². The smallest absolute Gasteiger partial charge is 0.223 e. The van der Waals surface area contributed by atoms with Crippen molar-refractivity contribution in [1.29, 1.82) is 0 Å². The van der Waals surface area contributed by atoms with Gasteiger partial charge in [-0.2, -0.15) is 0 Å². The van der Waals surface area contributed by atoms with Crippen LogP contribution < -0.4 is 16.0 Å². The molecule has 3 rings (SSSR count). The van der Waals surface area contributed by atoms with E-state index in [0.717, 1.165) is 50.0 Å². The maximum absolute atomic E-state index is 12.4. The van der Waals surface area contributed by atoms with E-state index in [1.54, 1.807) is 7.05 Å². The van der Waals surface area contributed by atoms with Crippen molar-refractivity contribution >= 4 is 11.9 Å². The number of carbonyl (C=O) groups is 1. The van der Waals surface area contributed by atoms with Crippen LogP contribution in [0.3, 0.4) is 0 Å². The number of nitrogens with one attached hydrogen (secondary N) is 3. The van der Waals surface area contributed by atoms with Crippen LogP contribution in [-0.4, -0.2) is 36.1 Å². The highest BCUT2D eigenvalue weighted by Gasteiger charge is 2.28. The van der Waals surface area contributed by atoms with Crippen molar-refractivity contribution in [3.8, 4) is 5.75 Å². The summed E-state index contributed by atoms with van der Waals surface area (Å²) in [5.74, 6) is 1.31. The van der Waals surface area contributed by atoms with E-state index in [1.165, 1.54) is 24.0 Å². The van der Waals surface area contributed by atoms with E-state index < -0.39 is 0 Å². The van der Waals surface area contributed by atoms with Crippen molar-refractivity contribution < 1.29 is 9.90 Å². The Bertz CT molecular complexity index is 745. The van der Waals surface area contributed by atoms with E-state index in [-0.39, 0.29) is 23.9 Å². The molecule has 2 aliphatic carbocycles. The number of fused-ring (bicyclic) bond motifs is 1. The summed E-state index contributed by atoms with van der Waals surface area (Å²) in [7, 11) is 1.77. The molecular weight excluding hydrogens is 364 g/mol. The largest absolute Gasteiger partial charge is 0.508 e. The van der Waals surface area contributed by atoms with Crippen molar-refractivity contribution in [2.24, 2.45) is 10.9 Å². The lowest BCUT2D eigenvalue weighted by molar-refractivity contribution is -0.126. The van der Waals surface area contributed by atoms with Gasteiger partial charge in [0.2, 0.25) is 5.91 Å². The summed E-state index contributed by atoms with van der Waals surface area (Å²) in [6.45, 7) is 4.55. The molecule has 2 unspecified atom stereocenters. The van der Waals surface area contributed by atoms with Gasteiger partial charge in [0, 0.05) is 37.2 Å². The van der Waals surface area contributed by atoms with E-state index in [9.17, 15) is 9.90 Å². The number of aromatic hydroxyl groups is 1. The van der Waals surface area contributed by atoms with E-state index >= 15 is 0 Å². The normalized spacial score (nSPS) is 22.1. The van der Waals surface area contributed by atoms with Crippen LogP contribution in [0.25, 0.3) is 0 Å². The molecule has 0 heterocycles. The topological polar surface area (TPSA) is 85.8 Å². The first kappa shape index (κ1) is 21.5. The lowest BCUT2D eigenvalue weighted by atomic mass is 9.85. The second-order valence-corrected chi connectivity index (χ2v) is 8.70. The first-order chi connectivity index (χ1) is 14.0. The molecule has 6 heteroatoms. The second-order valence-electron chi connectivity index (χ2n) is 8.70. The molecule has 160 valence electrons. The van der Waals surface area contributed by atoms with Gasteiger partial charge >= 0.3 is 0 Å². The number of phenolic OH excluding ortho intramolecular Hbond substituents is 1. The minimum absolute atomic E-state index is 0.0620. The molecule has 1 aromatic rings. The van der Waals surface area contributed by atoms with Crippen LogP contribution in [0.1, 0.15) is 69.1 Å². The number of aliphatic imine (C=N–C) groups is 1. The molecule has 0 aliphatic heterocycles. The Balaban J connectivity index is 1.58. The van der Waals surface area contributed by atoms with Gasteiger partial charge in [-0.15, -0.1) is 0 Å². The Hall–Kier alpha value is -2.24. The third-order valence-electron chi connectivity index (χ3n) is 6.10. The maximum atomic E-state index is 12.4. The van der Waals surface area contributed by atoms with Gasteiger partial charge in [-0.05, 0) is 76.0 Å². The Morgan fingerprint density at radius 3 is 2.76 bits per heavy atom. The molecule has 4 N–H and O–H groups in total. The van der Waals surface area contributed by atoms with Gasteiger partial charge in [0.15, 0.2) is 5.96 Å². The van der Waals surface area contributed by atoms with E-state index in [4.69, 9.17) is 0 Å². The molecule has 1 saturated carbocycles. The van der Waals surface area contributed by atoms with Crippen LogP contribution in [0.4, 0.5) is 0 Å². The molecule has 2 atom stereocenters. The number of hydrogen-bond acceptors (Lipinski definition) is 3. The number of guanidine groups is 1. The molecular formula is C23H36N4O2. The van der Waals surface area contributed by atoms with Crippen LogP contribution in [0.2, 0.25) is 0 Å². The third kappa shape index (κ3) is 5.64. The average molecular weight is 401 g/mol. The zero-order valence-electron chi connectivity index (χ0n) is 18.1. The van der Waals surface area contributed by atoms with Gasteiger partial charge in [0.1, 0.15) is 5.75 Å². The zero-order valence-corrected chi connectivity index (χ0v) is 18.1. The quantitative estimate of drug-likeness (QED) is 0.452. The molecule has 0 aromatic heterocycles. The summed E-state index contributed by atoms with van der Waals surface area (Å²) in [6.07, 6.45) is 8.38. The van der Waals surface area contributed by atoms with Gasteiger partial charge in [0.25, 0.3) is 0 Å². The van der Waals surface area contributed by atoms with Gasteiger partial charge in [-0.3, -0.25) is 9.79 Å². The number of amides is 1. The predicted molar refractivity (Wildman–Crippen MR) is 117 cm³/mol. The summed E-state index contributed by atoms with van der Waals surface area (Å²) < 4.78 is 0. The highest BCUT2D eigenvalue weighted by molar-refractivity contribution is 5.81. The predicted octanol–water partition coefficient (Wildman–Crippen LogP) is 3.02. The van der Waals surface area contributed by atoms with Crippen LogP contribution in [0.5, 0.6) is 5.75 Å².